The summed E-state index contributed by atoms with van der Waals surface area (Å²) in [5.74, 6) is -1.57. The van der Waals surface area contributed by atoms with Gasteiger partial charge < -0.3 is 15.0 Å². The number of nitriles is 1. The van der Waals surface area contributed by atoms with Crippen molar-refractivity contribution in [2.75, 3.05) is 25.5 Å². The molecular weight excluding hydrogens is 358 g/mol. The van der Waals surface area contributed by atoms with Crippen molar-refractivity contribution < 1.29 is 19.1 Å². The number of carbonyl (C=O) groups is 3. The van der Waals surface area contributed by atoms with Crippen LogP contribution in [0.5, 0.6) is 0 Å². The molecule has 0 aliphatic rings. The van der Waals surface area contributed by atoms with E-state index in [9.17, 15) is 14.4 Å². The Bertz CT molecular complexity index is 927. The van der Waals surface area contributed by atoms with E-state index in [2.05, 4.69) is 5.32 Å². The molecule has 2 aromatic rings. The lowest BCUT2D eigenvalue weighted by atomic mass is 10.1. The standard InChI is InChI=1S/C21H21N3O4/c1-14-6-4-7-15(2)20(14)23-18(25)12-24(3)19(26)13-28-21(27)17-9-5-8-16(10-17)11-22/h4-10H,12-13H2,1-3H3,(H,23,25). The Balaban J connectivity index is 1.87. The van der Waals surface area contributed by atoms with Crippen LogP contribution in [-0.4, -0.2) is 42.9 Å². The minimum Gasteiger partial charge on any atom is -0.452 e. The zero-order valence-electron chi connectivity index (χ0n) is 16.0. The van der Waals surface area contributed by atoms with E-state index in [0.29, 0.717) is 5.56 Å². The van der Waals surface area contributed by atoms with E-state index in [-0.39, 0.29) is 18.0 Å². The molecule has 0 aromatic heterocycles. The minimum atomic E-state index is -0.709. The molecule has 0 saturated heterocycles. The van der Waals surface area contributed by atoms with Crippen LogP contribution in [0, 0.1) is 25.2 Å². The molecule has 0 radical (unpaired) electrons. The number of para-hydroxylation sites is 1. The highest BCUT2D eigenvalue weighted by Gasteiger charge is 2.17. The number of anilines is 1. The molecule has 0 fully saturated rings. The molecule has 0 spiro atoms. The van der Waals surface area contributed by atoms with Gasteiger partial charge in [-0.05, 0) is 43.2 Å². The molecule has 0 atom stereocenters. The van der Waals surface area contributed by atoms with Crippen molar-refractivity contribution >= 4 is 23.5 Å². The molecule has 7 heteroatoms. The monoisotopic (exact) mass is 379 g/mol. The molecule has 2 rings (SSSR count). The van der Waals surface area contributed by atoms with Crippen molar-refractivity contribution in [3.8, 4) is 6.07 Å². The van der Waals surface area contributed by atoms with Crippen LogP contribution in [0.15, 0.2) is 42.5 Å². The van der Waals surface area contributed by atoms with Gasteiger partial charge in [-0.3, -0.25) is 9.59 Å². The number of likely N-dealkylation sites (N-methyl/N-ethyl adjacent to an activating group) is 1. The number of esters is 1. The summed E-state index contributed by atoms with van der Waals surface area (Å²) >= 11 is 0. The Morgan fingerprint density at radius 1 is 1.11 bits per heavy atom. The van der Waals surface area contributed by atoms with E-state index in [1.165, 1.54) is 24.1 Å². The maximum Gasteiger partial charge on any atom is 0.338 e. The number of nitrogens with one attached hydrogen (secondary N) is 1. The van der Waals surface area contributed by atoms with Crippen LogP contribution in [-0.2, 0) is 14.3 Å². The van der Waals surface area contributed by atoms with Crippen molar-refractivity contribution in [2.24, 2.45) is 0 Å². The normalized spacial score (nSPS) is 9.93. The first-order chi connectivity index (χ1) is 13.3. The van der Waals surface area contributed by atoms with E-state index in [4.69, 9.17) is 10.00 Å². The lowest BCUT2D eigenvalue weighted by molar-refractivity contribution is -0.136. The average Bonchev–Trinajstić information content (AvgIpc) is 2.68. The van der Waals surface area contributed by atoms with Gasteiger partial charge in [-0.25, -0.2) is 4.79 Å². The van der Waals surface area contributed by atoms with E-state index in [0.717, 1.165) is 16.8 Å². The Labute approximate surface area is 163 Å². The Morgan fingerprint density at radius 3 is 2.39 bits per heavy atom. The van der Waals surface area contributed by atoms with Crippen LogP contribution in [0.1, 0.15) is 27.0 Å². The Kier molecular flexibility index (Phi) is 6.88. The zero-order valence-corrected chi connectivity index (χ0v) is 16.0. The van der Waals surface area contributed by atoms with Gasteiger partial charge in [0.05, 0.1) is 23.7 Å². The van der Waals surface area contributed by atoms with Gasteiger partial charge in [0.25, 0.3) is 5.91 Å². The molecular formula is C21H21N3O4. The number of benzene rings is 2. The second kappa shape index (κ2) is 9.33. The van der Waals surface area contributed by atoms with Crippen molar-refractivity contribution in [1.82, 2.24) is 4.90 Å². The third-order valence-corrected chi connectivity index (χ3v) is 4.11. The summed E-state index contributed by atoms with van der Waals surface area (Å²) in [5, 5.41) is 11.7. The number of aryl methyl sites for hydroxylation is 2. The molecule has 0 aliphatic carbocycles. The summed E-state index contributed by atoms with van der Waals surface area (Å²) in [6.07, 6.45) is 0. The van der Waals surface area contributed by atoms with Gasteiger partial charge in [0, 0.05) is 12.7 Å². The number of carbonyl (C=O) groups excluding carboxylic acids is 3. The van der Waals surface area contributed by atoms with Gasteiger partial charge in [-0.2, -0.15) is 5.26 Å². The summed E-state index contributed by atoms with van der Waals surface area (Å²) in [7, 11) is 1.46. The maximum absolute atomic E-state index is 12.2. The molecule has 144 valence electrons. The third-order valence-electron chi connectivity index (χ3n) is 4.11. The van der Waals surface area contributed by atoms with Crippen LogP contribution in [0.4, 0.5) is 5.69 Å². The van der Waals surface area contributed by atoms with Gasteiger partial charge in [0.15, 0.2) is 6.61 Å². The fraction of sp³-hybridized carbons (Fsp3) is 0.238. The summed E-state index contributed by atoms with van der Waals surface area (Å²) in [6.45, 7) is 3.10. The fourth-order valence-corrected chi connectivity index (χ4v) is 2.53. The third kappa shape index (κ3) is 5.42. The number of rotatable bonds is 6. The van der Waals surface area contributed by atoms with Crippen molar-refractivity contribution in [2.45, 2.75) is 13.8 Å². The fourth-order valence-electron chi connectivity index (χ4n) is 2.53. The highest BCUT2D eigenvalue weighted by molar-refractivity contribution is 5.96. The first-order valence-electron chi connectivity index (χ1n) is 8.59. The molecule has 0 bridgehead atoms. The number of hydrogen-bond acceptors (Lipinski definition) is 5. The van der Waals surface area contributed by atoms with E-state index < -0.39 is 18.5 Å². The largest absolute Gasteiger partial charge is 0.452 e. The number of ether oxygens (including phenoxy) is 1. The van der Waals surface area contributed by atoms with Crippen LogP contribution >= 0.6 is 0 Å². The predicted octanol–water partition coefficient (Wildman–Crippen LogP) is 2.43. The number of nitrogens with zero attached hydrogens (tertiary/aromatic N) is 2. The molecule has 28 heavy (non-hydrogen) atoms. The highest BCUT2D eigenvalue weighted by Crippen LogP contribution is 2.19. The number of amides is 2. The molecule has 2 aromatic carbocycles. The van der Waals surface area contributed by atoms with E-state index >= 15 is 0 Å². The smallest absolute Gasteiger partial charge is 0.338 e. The topological polar surface area (TPSA) is 99.5 Å². The van der Waals surface area contributed by atoms with Gasteiger partial charge in [0.1, 0.15) is 0 Å². The van der Waals surface area contributed by atoms with Gasteiger partial charge in [-0.15, -0.1) is 0 Å². The van der Waals surface area contributed by atoms with Crippen LogP contribution in [0.2, 0.25) is 0 Å². The SMILES string of the molecule is Cc1cccc(C)c1NC(=O)CN(C)C(=O)COC(=O)c1cccc(C#N)c1. The Hall–Kier alpha value is -3.66. The quantitative estimate of drug-likeness (QED) is 0.777. The summed E-state index contributed by atoms with van der Waals surface area (Å²) in [4.78, 5) is 37.5. The van der Waals surface area contributed by atoms with Gasteiger partial charge >= 0.3 is 5.97 Å². The molecule has 2 amide bonds. The van der Waals surface area contributed by atoms with Gasteiger partial charge in [-0.1, -0.05) is 24.3 Å². The summed E-state index contributed by atoms with van der Waals surface area (Å²) in [5.41, 5.74) is 3.08. The van der Waals surface area contributed by atoms with Crippen LogP contribution in [0.25, 0.3) is 0 Å². The van der Waals surface area contributed by atoms with Crippen molar-refractivity contribution in [3.05, 3.63) is 64.7 Å². The zero-order chi connectivity index (χ0) is 20.7. The van der Waals surface area contributed by atoms with Crippen molar-refractivity contribution in [3.63, 3.8) is 0 Å². The average molecular weight is 379 g/mol. The molecule has 0 saturated carbocycles. The first kappa shape index (κ1) is 20.6. The summed E-state index contributed by atoms with van der Waals surface area (Å²) in [6, 6.07) is 13.6. The molecule has 0 unspecified atom stereocenters. The van der Waals surface area contributed by atoms with Crippen LogP contribution in [0.3, 0.4) is 0 Å². The molecule has 1 N–H and O–H groups in total. The highest BCUT2D eigenvalue weighted by atomic mass is 16.5. The van der Waals surface area contributed by atoms with E-state index in [1.807, 2.05) is 38.1 Å². The van der Waals surface area contributed by atoms with Crippen molar-refractivity contribution in [1.29, 1.82) is 5.26 Å². The Morgan fingerprint density at radius 2 is 1.75 bits per heavy atom. The predicted molar refractivity (Wildman–Crippen MR) is 104 cm³/mol. The molecule has 0 heterocycles. The van der Waals surface area contributed by atoms with Crippen LogP contribution < -0.4 is 5.32 Å². The molecule has 7 nitrogen and oxygen atoms in total. The maximum atomic E-state index is 12.2. The van der Waals surface area contributed by atoms with Gasteiger partial charge in [0.2, 0.25) is 5.91 Å². The summed E-state index contributed by atoms with van der Waals surface area (Å²) < 4.78 is 4.98. The lowest BCUT2D eigenvalue weighted by Crippen LogP contribution is -2.37. The minimum absolute atomic E-state index is 0.173. The second-order valence-electron chi connectivity index (χ2n) is 6.33. The number of hydrogen-bond donors (Lipinski definition) is 1. The van der Waals surface area contributed by atoms with E-state index in [1.54, 1.807) is 12.1 Å². The lowest BCUT2D eigenvalue weighted by Gasteiger charge is -2.18. The molecule has 0 aliphatic heterocycles. The second-order valence-corrected chi connectivity index (χ2v) is 6.33. The first-order valence-corrected chi connectivity index (χ1v) is 8.59.